The van der Waals surface area contributed by atoms with Gasteiger partial charge in [0.05, 0.1) is 11.1 Å². The van der Waals surface area contributed by atoms with Crippen LogP contribution in [-0.4, -0.2) is 28.7 Å². The molecule has 0 fully saturated rings. The summed E-state index contributed by atoms with van der Waals surface area (Å²) in [6, 6.07) is 3.94. The molecule has 5 N–H and O–H groups in total. The van der Waals surface area contributed by atoms with Crippen molar-refractivity contribution in [3.63, 3.8) is 0 Å². The van der Waals surface area contributed by atoms with E-state index >= 15 is 0 Å². The Morgan fingerprint density at radius 3 is 2.48 bits per heavy atom. The van der Waals surface area contributed by atoms with Gasteiger partial charge in [-0.15, -0.1) is 0 Å². The SMILES string of the molecule is CC(C)c1cc(C(=O)O)c2c(c1)c(CCCN)cn2CCCN. The van der Waals surface area contributed by atoms with Crippen LogP contribution in [0.4, 0.5) is 0 Å². The Bertz CT molecular complexity index is 689. The molecule has 2 rings (SSSR count). The molecule has 0 aliphatic heterocycles. The minimum Gasteiger partial charge on any atom is -0.478 e. The molecule has 0 aliphatic carbocycles. The van der Waals surface area contributed by atoms with Crippen molar-refractivity contribution < 1.29 is 9.90 Å². The van der Waals surface area contributed by atoms with Gasteiger partial charge in [-0.3, -0.25) is 0 Å². The fourth-order valence-electron chi connectivity index (χ4n) is 2.96. The number of aromatic carboxylic acids is 1. The van der Waals surface area contributed by atoms with E-state index in [1.54, 1.807) is 6.07 Å². The van der Waals surface area contributed by atoms with Crippen LogP contribution in [0.2, 0.25) is 0 Å². The maximum absolute atomic E-state index is 11.8. The van der Waals surface area contributed by atoms with Gasteiger partial charge in [-0.1, -0.05) is 13.8 Å². The number of nitrogens with two attached hydrogens (primary N) is 2. The molecular formula is C18H27N3O2. The van der Waals surface area contributed by atoms with Crippen LogP contribution < -0.4 is 11.5 Å². The minimum absolute atomic E-state index is 0.284. The lowest BCUT2D eigenvalue weighted by atomic mass is 9.96. The molecule has 1 heterocycles. The van der Waals surface area contributed by atoms with Gasteiger partial charge in [0.2, 0.25) is 0 Å². The number of hydrogen-bond acceptors (Lipinski definition) is 3. The van der Waals surface area contributed by atoms with Crippen LogP contribution in [0.15, 0.2) is 18.3 Å². The third kappa shape index (κ3) is 3.74. The van der Waals surface area contributed by atoms with E-state index in [1.165, 1.54) is 5.56 Å². The summed E-state index contributed by atoms with van der Waals surface area (Å²) >= 11 is 0. The lowest BCUT2D eigenvalue weighted by Gasteiger charge is -2.11. The molecule has 5 heteroatoms. The monoisotopic (exact) mass is 317 g/mol. The van der Waals surface area contributed by atoms with Gasteiger partial charge in [-0.25, -0.2) is 4.79 Å². The highest BCUT2D eigenvalue weighted by molar-refractivity contribution is 6.04. The number of benzene rings is 1. The van der Waals surface area contributed by atoms with E-state index in [0.717, 1.165) is 42.3 Å². The number of carboxylic acid groups (broad SMARTS) is 1. The molecule has 0 aliphatic rings. The predicted molar refractivity (Wildman–Crippen MR) is 94.0 cm³/mol. The fraction of sp³-hybridized carbons (Fsp3) is 0.500. The first-order chi connectivity index (χ1) is 11.0. The number of aryl methyl sites for hydroxylation is 2. The summed E-state index contributed by atoms with van der Waals surface area (Å²) in [5.41, 5.74) is 14.7. The maximum Gasteiger partial charge on any atom is 0.337 e. The first-order valence-electron chi connectivity index (χ1n) is 8.28. The molecule has 0 saturated carbocycles. The molecule has 0 radical (unpaired) electrons. The average molecular weight is 317 g/mol. The van der Waals surface area contributed by atoms with Crippen LogP contribution >= 0.6 is 0 Å². The van der Waals surface area contributed by atoms with Crippen molar-refractivity contribution in [1.82, 2.24) is 4.57 Å². The van der Waals surface area contributed by atoms with E-state index in [9.17, 15) is 9.90 Å². The summed E-state index contributed by atoms with van der Waals surface area (Å²) in [5.74, 6) is -0.595. The molecule has 0 amide bonds. The third-order valence-corrected chi connectivity index (χ3v) is 4.23. The Morgan fingerprint density at radius 1 is 1.22 bits per heavy atom. The summed E-state index contributed by atoms with van der Waals surface area (Å²) in [5, 5.41) is 10.7. The average Bonchev–Trinajstić information content (AvgIpc) is 2.87. The second-order valence-corrected chi connectivity index (χ2v) is 6.31. The second-order valence-electron chi connectivity index (χ2n) is 6.31. The Morgan fingerprint density at radius 2 is 1.91 bits per heavy atom. The summed E-state index contributed by atoms with van der Waals surface area (Å²) in [6.45, 7) is 6.11. The number of carbonyl (C=O) groups is 1. The van der Waals surface area contributed by atoms with Crippen molar-refractivity contribution in [3.8, 4) is 0 Å². The van der Waals surface area contributed by atoms with Gasteiger partial charge < -0.3 is 21.1 Å². The molecule has 0 spiro atoms. The van der Waals surface area contributed by atoms with E-state index < -0.39 is 5.97 Å². The number of rotatable bonds is 8. The number of carboxylic acids is 1. The highest BCUT2D eigenvalue weighted by atomic mass is 16.4. The highest BCUT2D eigenvalue weighted by Crippen LogP contribution is 2.30. The molecule has 0 unspecified atom stereocenters. The topological polar surface area (TPSA) is 94.3 Å². The van der Waals surface area contributed by atoms with E-state index in [1.807, 2.05) is 4.57 Å². The van der Waals surface area contributed by atoms with Gasteiger partial charge in [-0.2, -0.15) is 0 Å². The number of hydrogen-bond donors (Lipinski definition) is 3. The first-order valence-corrected chi connectivity index (χ1v) is 8.28. The highest BCUT2D eigenvalue weighted by Gasteiger charge is 2.18. The second kappa shape index (κ2) is 7.62. The van der Waals surface area contributed by atoms with Gasteiger partial charge in [-0.05, 0) is 61.5 Å². The van der Waals surface area contributed by atoms with Crippen molar-refractivity contribution >= 4 is 16.9 Å². The van der Waals surface area contributed by atoms with Crippen LogP contribution in [-0.2, 0) is 13.0 Å². The molecule has 0 atom stereocenters. The molecule has 1 aromatic heterocycles. The van der Waals surface area contributed by atoms with Gasteiger partial charge in [0.25, 0.3) is 0 Å². The quantitative estimate of drug-likeness (QED) is 0.697. The molecule has 2 aromatic rings. The van der Waals surface area contributed by atoms with Gasteiger partial charge in [0, 0.05) is 18.1 Å². The number of nitrogens with zero attached hydrogens (tertiary/aromatic N) is 1. The van der Waals surface area contributed by atoms with Crippen LogP contribution in [0.3, 0.4) is 0 Å². The Balaban J connectivity index is 2.68. The van der Waals surface area contributed by atoms with E-state index in [0.29, 0.717) is 18.7 Å². The van der Waals surface area contributed by atoms with Crippen molar-refractivity contribution in [2.24, 2.45) is 11.5 Å². The Labute approximate surface area is 137 Å². The summed E-state index contributed by atoms with van der Waals surface area (Å²) in [4.78, 5) is 11.8. The number of fused-ring (bicyclic) bond motifs is 1. The lowest BCUT2D eigenvalue weighted by Crippen LogP contribution is -2.08. The van der Waals surface area contributed by atoms with E-state index in [-0.39, 0.29) is 5.92 Å². The van der Waals surface area contributed by atoms with E-state index in [4.69, 9.17) is 11.5 Å². The van der Waals surface area contributed by atoms with E-state index in [2.05, 4.69) is 26.1 Å². The summed E-state index contributed by atoms with van der Waals surface area (Å²) in [7, 11) is 0. The summed E-state index contributed by atoms with van der Waals surface area (Å²) < 4.78 is 2.04. The molecule has 0 bridgehead atoms. The lowest BCUT2D eigenvalue weighted by molar-refractivity contribution is 0.0698. The van der Waals surface area contributed by atoms with Gasteiger partial charge in [0.15, 0.2) is 0 Å². The standard InChI is InChI=1S/C18H27N3O2/c1-12(2)14-9-15-13(5-3-6-19)11-21(8-4-7-20)17(15)16(10-14)18(22)23/h9-12H,3-8,19-20H2,1-2H3,(H,22,23). The third-order valence-electron chi connectivity index (χ3n) is 4.23. The zero-order valence-corrected chi connectivity index (χ0v) is 14.0. The van der Waals surface area contributed by atoms with Gasteiger partial charge >= 0.3 is 5.97 Å². The molecule has 5 nitrogen and oxygen atoms in total. The smallest absolute Gasteiger partial charge is 0.337 e. The first kappa shape index (κ1) is 17.5. The Hall–Kier alpha value is -1.85. The zero-order valence-electron chi connectivity index (χ0n) is 14.0. The molecule has 0 saturated heterocycles. The summed E-state index contributed by atoms with van der Waals surface area (Å²) in [6.07, 6.45) is 4.66. The minimum atomic E-state index is -0.880. The molecule has 1 aromatic carbocycles. The van der Waals surface area contributed by atoms with Crippen LogP contribution in [0, 0.1) is 0 Å². The van der Waals surface area contributed by atoms with Crippen LogP contribution in [0.1, 0.15) is 54.1 Å². The fourth-order valence-corrected chi connectivity index (χ4v) is 2.96. The normalized spacial score (nSPS) is 11.5. The van der Waals surface area contributed by atoms with Crippen molar-refractivity contribution in [2.75, 3.05) is 13.1 Å². The van der Waals surface area contributed by atoms with Crippen LogP contribution in [0.25, 0.3) is 10.9 Å². The molecule has 126 valence electrons. The van der Waals surface area contributed by atoms with Crippen molar-refractivity contribution in [2.45, 2.75) is 45.6 Å². The van der Waals surface area contributed by atoms with Gasteiger partial charge in [0.1, 0.15) is 0 Å². The zero-order chi connectivity index (χ0) is 17.0. The Kier molecular flexibility index (Phi) is 5.80. The predicted octanol–water partition coefficient (Wildman–Crippen LogP) is 2.70. The maximum atomic E-state index is 11.8. The van der Waals surface area contributed by atoms with Crippen molar-refractivity contribution in [1.29, 1.82) is 0 Å². The largest absolute Gasteiger partial charge is 0.478 e. The molecular weight excluding hydrogens is 290 g/mol. The van der Waals surface area contributed by atoms with Crippen LogP contribution in [0.5, 0.6) is 0 Å². The number of aromatic nitrogens is 1. The van der Waals surface area contributed by atoms with Crippen molar-refractivity contribution in [3.05, 3.63) is 35.0 Å². The molecule has 23 heavy (non-hydrogen) atoms.